The van der Waals surface area contributed by atoms with Crippen molar-refractivity contribution in [2.75, 3.05) is 11.9 Å². The summed E-state index contributed by atoms with van der Waals surface area (Å²) in [5, 5.41) is 9.04. The lowest BCUT2D eigenvalue weighted by atomic mass is 10.2. The maximum absolute atomic E-state index is 9.04. The molecule has 0 amide bonds. The zero-order valence-corrected chi connectivity index (χ0v) is 9.96. The van der Waals surface area contributed by atoms with E-state index in [0.717, 1.165) is 11.5 Å². The second kappa shape index (κ2) is 4.93. The van der Waals surface area contributed by atoms with Crippen molar-refractivity contribution < 1.29 is 5.11 Å². The molecule has 17 heavy (non-hydrogen) atoms. The molecule has 0 bridgehead atoms. The van der Waals surface area contributed by atoms with E-state index in [1.807, 2.05) is 37.1 Å². The number of hydrogen-bond donors (Lipinski definition) is 1. The van der Waals surface area contributed by atoms with Gasteiger partial charge in [-0.1, -0.05) is 12.1 Å². The van der Waals surface area contributed by atoms with Gasteiger partial charge in [0.1, 0.15) is 0 Å². The molecular formula is C13H15N3O. The lowest BCUT2D eigenvalue weighted by Crippen LogP contribution is -2.12. The summed E-state index contributed by atoms with van der Waals surface area (Å²) in [6, 6.07) is 8.14. The third-order valence-electron chi connectivity index (χ3n) is 2.57. The Hall–Kier alpha value is -1.94. The average Bonchev–Trinajstić information content (AvgIpc) is 2.38. The van der Waals surface area contributed by atoms with E-state index >= 15 is 0 Å². The number of aliphatic hydroxyl groups is 1. The number of nitrogens with zero attached hydrogens (tertiary/aromatic N) is 3. The minimum atomic E-state index is -0.0947. The molecule has 0 fully saturated rings. The minimum absolute atomic E-state index is 0.0947. The largest absolute Gasteiger partial charge is 0.390 e. The molecule has 0 radical (unpaired) electrons. The maximum atomic E-state index is 9.04. The van der Waals surface area contributed by atoms with Gasteiger partial charge < -0.3 is 10.0 Å². The summed E-state index contributed by atoms with van der Waals surface area (Å²) in [4.78, 5) is 10.3. The van der Waals surface area contributed by atoms with Crippen molar-refractivity contribution in [1.29, 1.82) is 0 Å². The Morgan fingerprint density at radius 2 is 2.12 bits per heavy atom. The molecule has 2 rings (SSSR count). The molecule has 1 aromatic heterocycles. The first-order valence-corrected chi connectivity index (χ1v) is 5.43. The third kappa shape index (κ3) is 2.60. The van der Waals surface area contributed by atoms with Gasteiger partial charge in [0.25, 0.3) is 0 Å². The SMILES string of the molecule is Cc1cccc(N(C)c2cncc(CO)n2)c1. The number of hydrogen-bond acceptors (Lipinski definition) is 4. The molecule has 0 aliphatic heterocycles. The Morgan fingerprint density at radius 1 is 1.29 bits per heavy atom. The molecule has 0 aliphatic carbocycles. The first-order valence-electron chi connectivity index (χ1n) is 5.43. The summed E-state index contributed by atoms with van der Waals surface area (Å²) in [5.41, 5.74) is 2.82. The first-order chi connectivity index (χ1) is 8.20. The number of aromatic nitrogens is 2. The van der Waals surface area contributed by atoms with Gasteiger partial charge in [-0.15, -0.1) is 0 Å². The van der Waals surface area contributed by atoms with Crippen molar-refractivity contribution in [1.82, 2.24) is 9.97 Å². The quantitative estimate of drug-likeness (QED) is 0.875. The van der Waals surface area contributed by atoms with Gasteiger partial charge in [0, 0.05) is 12.7 Å². The number of anilines is 2. The molecule has 0 saturated heterocycles. The predicted octanol–water partition coefficient (Wildman–Crippen LogP) is 2.05. The van der Waals surface area contributed by atoms with Crippen LogP contribution < -0.4 is 4.90 Å². The highest BCUT2D eigenvalue weighted by Gasteiger charge is 2.06. The number of rotatable bonds is 3. The zero-order chi connectivity index (χ0) is 12.3. The van der Waals surface area contributed by atoms with E-state index in [2.05, 4.69) is 16.0 Å². The Kier molecular flexibility index (Phi) is 3.35. The third-order valence-corrected chi connectivity index (χ3v) is 2.57. The Labute approximate surface area is 101 Å². The zero-order valence-electron chi connectivity index (χ0n) is 9.96. The topological polar surface area (TPSA) is 49.2 Å². The van der Waals surface area contributed by atoms with Crippen molar-refractivity contribution in [3.8, 4) is 0 Å². The molecule has 0 unspecified atom stereocenters. The summed E-state index contributed by atoms with van der Waals surface area (Å²) in [5.74, 6) is 0.724. The van der Waals surface area contributed by atoms with E-state index in [1.165, 1.54) is 5.56 Å². The van der Waals surface area contributed by atoms with E-state index in [0.29, 0.717) is 5.69 Å². The highest BCUT2D eigenvalue weighted by atomic mass is 16.3. The Bertz CT molecular complexity index is 514. The van der Waals surface area contributed by atoms with Crippen LogP contribution in [0.1, 0.15) is 11.3 Å². The van der Waals surface area contributed by atoms with Crippen molar-refractivity contribution in [2.24, 2.45) is 0 Å². The van der Waals surface area contributed by atoms with Crippen molar-refractivity contribution in [2.45, 2.75) is 13.5 Å². The monoisotopic (exact) mass is 229 g/mol. The highest BCUT2D eigenvalue weighted by molar-refractivity contribution is 5.59. The van der Waals surface area contributed by atoms with Crippen LogP contribution in [0.5, 0.6) is 0 Å². The van der Waals surface area contributed by atoms with Crippen LogP contribution >= 0.6 is 0 Å². The second-order valence-corrected chi connectivity index (χ2v) is 3.92. The van der Waals surface area contributed by atoms with E-state index in [1.54, 1.807) is 12.4 Å². The fourth-order valence-corrected chi connectivity index (χ4v) is 1.60. The van der Waals surface area contributed by atoms with Gasteiger partial charge in [0.05, 0.1) is 24.7 Å². The molecular weight excluding hydrogens is 214 g/mol. The van der Waals surface area contributed by atoms with E-state index in [4.69, 9.17) is 5.11 Å². The Balaban J connectivity index is 2.33. The Morgan fingerprint density at radius 3 is 2.82 bits per heavy atom. The normalized spacial score (nSPS) is 10.3. The molecule has 0 spiro atoms. The van der Waals surface area contributed by atoms with Crippen LogP contribution in [0.4, 0.5) is 11.5 Å². The van der Waals surface area contributed by atoms with Crippen LogP contribution in [0.2, 0.25) is 0 Å². The van der Waals surface area contributed by atoms with Gasteiger partial charge in [-0.2, -0.15) is 0 Å². The summed E-state index contributed by atoms with van der Waals surface area (Å²) < 4.78 is 0. The molecule has 1 heterocycles. The fraction of sp³-hybridized carbons (Fsp3) is 0.231. The number of aliphatic hydroxyl groups excluding tert-OH is 1. The van der Waals surface area contributed by atoms with Crippen LogP contribution in [0.25, 0.3) is 0 Å². The van der Waals surface area contributed by atoms with Gasteiger partial charge >= 0.3 is 0 Å². The van der Waals surface area contributed by atoms with E-state index in [-0.39, 0.29) is 6.61 Å². The van der Waals surface area contributed by atoms with Gasteiger partial charge in [-0.3, -0.25) is 4.98 Å². The van der Waals surface area contributed by atoms with Gasteiger partial charge in [0.2, 0.25) is 0 Å². The minimum Gasteiger partial charge on any atom is -0.390 e. The number of benzene rings is 1. The van der Waals surface area contributed by atoms with Crippen LogP contribution in [-0.4, -0.2) is 22.1 Å². The molecule has 0 saturated carbocycles. The fourth-order valence-electron chi connectivity index (χ4n) is 1.60. The van der Waals surface area contributed by atoms with Gasteiger partial charge in [-0.25, -0.2) is 4.98 Å². The summed E-state index contributed by atoms with van der Waals surface area (Å²) in [6.07, 6.45) is 3.25. The molecule has 0 aliphatic rings. The van der Waals surface area contributed by atoms with Crippen LogP contribution in [0, 0.1) is 6.92 Å². The molecule has 2 aromatic rings. The van der Waals surface area contributed by atoms with Crippen LogP contribution in [-0.2, 0) is 6.61 Å². The molecule has 4 nitrogen and oxygen atoms in total. The molecule has 0 atom stereocenters. The number of aryl methyl sites for hydroxylation is 1. The smallest absolute Gasteiger partial charge is 0.151 e. The van der Waals surface area contributed by atoms with Crippen LogP contribution in [0.15, 0.2) is 36.7 Å². The van der Waals surface area contributed by atoms with Crippen molar-refractivity contribution in [3.05, 3.63) is 47.9 Å². The van der Waals surface area contributed by atoms with E-state index < -0.39 is 0 Å². The molecule has 4 heteroatoms. The molecule has 1 aromatic carbocycles. The van der Waals surface area contributed by atoms with Crippen molar-refractivity contribution >= 4 is 11.5 Å². The maximum Gasteiger partial charge on any atom is 0.151 e. The summed E-state index contributed by atoms with van der Waals surface area (Å²) in [7, 11) is 1.93. The predicted molar refractivity (Wildman–Crippen MR) is 67.2 cm³/mol. The lowest BCUT2D eigenvalue weighted by Gasteiger charge is -2.18. The molecule has 88 valence electrons. The summed E-state index contributed by atoms with van der Waals surface area (Å²) in [6.45, 7) is 1.95. The van der Waals surface area contributed by atoms with E-state index in [9.17, 15) is 0 Å². The standard InChI is InChI=1S/C13H15N3O/c1-10-4-3-5-12(6-10)16(2)13-8-14-7-11(9-17)15-13/h3-8,17H,9H2,1-2H3. The van der Waals surface area contributed by atoms with Crippen molar-refractivity contribution in [3.63, 3.8) is 0 Å². The molecule has 1 N–H and O–H groups in total. The lowest BCUT2D eigenvalue weighted by molar-refractivity contribution is 0.276. The van der Waals surface area contributed by atoms with Crippen LogP contribution in [0.3, 0.4) is 0 Å². The van der Waals surface area contributed by atoms with Gasteiger partial charge in [-0.05, 0) is 24.6 Å². The average molecular weight is 229 g/mol. The first kappa shape index (κ1) is 11.5. The summed E-state index contributed by atoms with van der Waals surface area (Å²) >= 11 is 0. The second-order valence-electron chi connectivity index (χ2n) is 3.92. The highest BCUT2D eigenvalue weighted by Crippen LogP contribution is 2.21. The van der Waals surface area contributed by atoms with Gasteiger partial charge in [0.15, 0.2) is 5.82 Å².